The van der Waals surface area contributed by atoms with Crippen molar-refractivity contribution in [1.29, 1.82) is 0 Å². The molecule has 0 aliphatic heterocycles. The second-order valence-corrected chi connectivity index (χ2v) is 5.56. The molecule has 1 nitrogen and oxygen atoms in total. The van der Waals surface area contributed by atoms with Gasteiger partial charge in [0.15, 0.2) is 0 Å². The van der Waals surface area contributed by atoms with E-state index in [1.807, 2.05) is 0 Å². The molecule has 0 amide bonds. The fourth-order valence-electron chi connectivity index (χ4n) is 1.85. The average Bonchev–Trinajstić information content (AvgIpc) is 2.38. The van der Waals surface area contributed by atoms with Crippen LogP contribution < -0.4 is 5.32 Å². The first kappa shape index (κ1) is 13.3. The summed E-state index contributed by atoms with van der Waals surface area (Å²) in [4.78, 5) is 0. The van der Waals surface area contributed by atoms with Crippen molar-refractivity contribution in [3.63, 3.8) is 0 Å². The maximum Gasteiger partial charge on any atom is 0.0294 e. The molecule has 2 rings (SSSR count). The Hall–Kier alpha value is -1.12. The normalized spacial score (nSPS) is 12.4. The van der Waals surface area contributed by atoms with Gasteiger partial charge in [-0.25, -0.2) is 0 Å². The van der Waals surface area contributed by atoms with Gasteiger partial charge in [-0.3, -0.25) is 0 Å². The molecule has 2 heteroatoms. The van der Waals surface area contributed by atoms with Crippen molar-refractivity contribution in [2.75, 3.05) is 0 Å². The van der Waals surface area contributed by atoms with Crippen molar-refractivity contribution in [2.24, 2.45) is 0 Å². The molecule has 0 radical (unpaired) electrons. The third kappa shape index (κ3) is 3.69. The van der Waals surface area contributed by atoms with Crippen LogP contribution in [0.25, 0.3) is 0 Å². The van der Waals surface area contributed by atoms with Gasteiger partial charge in [0.1, 0.15) is 0 Å². The van der Waals surface area contributed by atoms with Crippen LogP contribution in [0.2, 0.25) is 0 Å². The van der Waals surface area contributed by atoms with Gasteiger partial charge in [-0.15, -0.1) is 0 Å². The first-order valence-electron chi connectivity index (χ1n) is 6.19. The number of hydrogen-bond donors (Lipinski definition) is 1. The van der Waals surface area contributed by atoms with Crippen molar-refractivity contribution >= 4 is 15.9 Å². The molecule has 0 unspecified atom stereocenters. The molecule has 0 fully saturated rings. The van der Waals surface area contributed by atoms with Gasteiger partial charge in [-0.1, -0.05) is 57.9 Å². The van der Waals surface area contributed by atoms with E-state index in [1.54, 1.807) is 0 Å². The van der Waals surface area contributed by atoms with Crippen LogP contribution in [0.4, 0.5) is 0 Å². The summed E-state index contributed by atoms with van der Waals surface area (Å²) in [5.74, 6) is 0. The quantitative estimate of drug-likeness (QED) is 0.870. The number of hydrogen-bond acceptors (Lipinski definition) is 1. The van der Waals surface area contributed by atoms with Crippen molar-refractivity contribution in [3.05, 3.63) is 69.7 Å². The van der Waals surface area contributed by atoms with Gasteiger partial charge in [0.2, 0.25) is 0 Å². The van der Waals surface area contributed by atoms with Gasteiger partial charge < -0.3 is 5.32 Å². The highest BCUT2D eigenvalue weighted by atomic mass is 79.9. The summed E-state index contributed by atoms with van der Waals surface area (Å²) >= 11 is 3.45. The lowest BCUT2D eigenvalue weighted by Crippen LogP contribution is -2.17. The highest BCUT2D eigenvalue weighted by Gasteiger charge is 2.04. The summed E-state index contributed by atoms with van der Waals surface area (Å²) in [5, 5.41) is 3.54. The lowest BCUT2D eigenvalue weighted by molar-refractivity contribution is 0.574. The second kappa shape index (κ2) is 6.17. The maximum atomic E-state index is 3.54. The number of nitrogens with one attached hydrogen (secondary N) is 1. The molecule has 0 aliphatic carbocycles. The zero-order valence-electron chi connectivity index (χ0n) is 10.8. The summed E-state index contributed by atoms with van der Waals surface area (Å²) < 4.78 is 1.12. The van der Waals surface area contributed by atoms with E-state index in [0.717, 1.165) is 11.0 Å². The third-order valence-electron chi connectivity index (χ3n) is 3.10. The van der Waals surface area contributed by atoms with E-state index < -0.39 is 0 Å². The summed E-state index contributed by atoms with van der Waals surface area (Å²) in [6.07, 6.45) is 0. The zero-order chi connectivity index (χ0) is 13.0. The molecule has 0 bridgehead atoms. The standard InChI is InChI=1S/C16H18BrN/c1-12-3-7-15(8-4-12)13(2)18-11-14-5-9-16(17)10-6-14/h3-10,13,18H,11H2,1-2H3/t13-/m0/s1. The molecule has 94 valence electrons. The first-order chi connectivity index (χ1) is 8.65. The summed E-state index contributed by atoms with van der Waals surface area (Å²) in [6.45, 7) is 5.20. The van der Waals surface area contributed by atoms with Crippen LogP contribution >= 0.6 is 15.9 Å². The minimum atomic E-state index is 0.370. The highest BCUT2D eigenvalue weighted by Crippen LogP contribution is 2.15. The molecule has 0 heterocycles. The van der Waals surface area contributed by atoms with Crippen molar-refractivity contribution in [3.8, 4) is 0 Å². The topological polar surface area (TPSA) is 12.0 Å². The predicted octanol–water partition coefficient (Wildman–Crippen LogP) is 4.61. The van der Waals surface area contributed by atoms with Gasteiger partial charge >= 0.3 is 0 Å². The van der Waals surface area contributed by atoms with Crippen molar-refractivity contribution in [2.45, 2.75) is 26.4 Å². The Morgan fingerprint density at radius 3 is 2.22 bits per heavy atom. The van der Waals surface area contributed by atoms with Crippen LogP contribution in [0.3, 0.4) is 0 Å². The van der Waals surface area contributed by atoms with E-state index in [0.29, 0.717) is 6.04 Å². The Labute approximate surface area is 117 Å². The Kier molecular flexibility index (Phi) is 4.56. The minimum absolute atomic E-state index is 0.370. The van der Waals surface area contributed by atoms with E-state index in [4.69, 9.17) is 0 Å². The van der Waals surface area contributed by atoms with E-state index in [-0.39, 0.29) is 0 Å². The van der Waals surface area contributed by atoms with Crippen LogP contribution in [0.15, 0.2) is 53.0 Å². The molecule has 0 aromatic heterocycles. The number of benzene rings is 2. The van der Waals surface area contributed by atoms with Crippen molar-refractivity contribution < 1.29 is 0 Å². The molecule has 0 aliphatic rings. The fourth-order valence-corrected chi connectivity index (χ4v) is 2.11. The monoisotopic (exact) mass is 303 g/mol. The largest absolute Gasteiger partial charge is 0.306 e. The first-order valence-corrected chi connectivity index (χ1v) is 6.99. The highest BCUT2D eigenvalue weighted by molar-refractivity contribution is 9.10. The lowest BCUT2D eigenvalue weighted by Gasteiger charge is -2.14. The fraction of sp³-hybridized carbons (Fsp3) is 0.250. The van der Waals surface area contributed by atoms with Gasteiger partial charge in [0.05, 0.1) is 0 Å². The van der Waals surface area contributed by atoms with Gasteiger partial charge in [0, 0.05) is 17.1 Å². The minimum Gasteiger partial charge on any atom is -0.306 e. The molecule has 2 aromatic carbocycles. The second-order valence-electron chi connectivity index (χ2n) is 4.64. The van der Waals surface area contributed by atoms with Crippen LogP contribution in [-0.2, 0) is 6.54 Å². The molecule has 2 aromatic rings. The van der Waals surface area contributed by atoms with Gasteiger partial charge in [-0.2, -0.15) is 0 Å². The van der Waals surface area contributed by atoms with Crippen LogP contribution in [0, 0.1) is 6.92 Å². The van der Waals surface area contributed by atoms with E-state index in [9.17, 15) is 0 Å². The molecular weight excluding hydrogens is 286 g/mol. The number of halogens is 1. The third-order valence-corrected chi connectivity index (χ3v) is 3.63. The molecule has 0 saturated carbocycles. The molecule has 1 atom stereocenters. The van der Waals surface area contributed by atoms with Crippen LogP contribution in [-0.4, -0.2) is 0 Å². The van der Waals surface area contributed by atoms with E-state index in [2.05, 4.69) is 83.6 Å². The van der Waals surface area contributed by atoms with Crippen LogP contribution in [0.5, 0.6) is 0 Å². The molecule has 18 heavy (non-hydrogen) atoms. The maximum absolute atomic E-state index is 3.54. The average molecular weight is 304 g/mol. The Balaban J connectivity index is 1.93. The zero-order valence-corrected chi connectivity index (χ0v) is 12.4. The summed E-state index contributed by atoms with van der Waals surface area (Å²) in [6, 6.07) is 17.5. The molecular formula is C16H18BrN. The van der Waals surface area contributed by atoms with E-state index >= 15 is 0 Å². The number of aryl methyl sites for hydroxylation is 1. The van der Waals surface area contributed by atoms with Gasteiger partial charge in [-0.05, 0) is 37.1 Å². The molecule has 1 N–H and O–H groups in total. The van der Waals surface area contributed by atoms with Crippen molar-refractivity contribution in [1.82, 2.24) is 5.32 Å². The summed E-state index contributed by atoms with van der Waals surface area (Å²) in [5.41, 5.74) is 3.94. The van der Waals surface area contributed by atoms with Gasteiger partial charge in [0.25, 0.3) is 0 Å². The summed E-state index contributed by atoms with van der Waals surface area (Å²) in [7, 11) is 0. The Bertz CT molecular complexity index is 488. The smallest absolute Gasteiger partial charge is 0.0294 e. The lowest BCUT2D eigenvalue weighted by atomic mass is 10.1. The Morgan fingerprint density at radius 2 is 1.61 bits per heavy atom. The number of rotatable bonds is 4. The Morgan fingerprint density at radius 1 is 1.00 bits per heavy atom. The molecule has 0 saturated heterocycles. The SMILES string of the molecule is Cc1ccc([C@H](C)NCc2ccc(Br)cc2)cc1. The van der Waals surface area contributed by atoms with E-state index in [1.165, 1.54) is 16.7 Å². The molecule has 0 spiro atoms. The van der Waals surface area contributed by atoms with Crippen LogP contribution in [0.1, 0.15) is 29.7 Å². The predicted molar refractivity (Wildman–Crippen MR) is 80.6 cm³/mol.